The van der Waals surface area contributed by atoms with E-state index in [-0.39, 0.29) is 11.9 Å². The van der Waals surface area contributed by atoms with Crippen LogP contribution in [-0.4, -0.2) is 30.1 Å². The Bertz CT molecular complexity index is 591. The molecule has 1 saturated heterocycles. The molecule has 0 atom stereocenters. The third-order valence-corrected chi connectivity index (χ3v) is 3.42. The minimum Gasteiger partial charge on any atom is -0.381 e. The molecule has 0 radical (unpaired) electrons. The summed E-state index contributed by atoms with van der Waals surface area (Å²) in [6.07, 6.45) is 3.51. The van der Waals surface area contributed by atoms with Crippen LogP contribution in [-0.2, 0) is 4.74 Å². The van der Waals surface area contributed by atoms with E-state index in [0.717, 1.165) is 37.0 Å². The molecule has 2 heterocycles. The van der Waals surface area contributed by atoms with Gasteiger partial charge in [-0.1, -0.05) is 12.1 Å². The van der Waals surface area contributed by atoms with Crippen LogP contribution >= 0.6 is 0 Å². The number of rotatable bonds is 2. The van der Waals surface area contributed by atoms with E-state index in [1.54, 1.807) is 6.20 Å². The molecule has 1 fully saturated rings. The van der Waals surface area contributed by atoms with E-state index in [0.29, 0.717) is 5.56 Å². The van der Waals surface area contributed by atoms with Gasteiger partial charge in [-0.3, -0.25) is 9.78 Å². The van der Waals surface area contributed by atoms with Gasteiger partial charge in [0.2, 0.25) is 0 Å². The van der Waals surface area contributed by atoms with Gasteiger partial charge in [0.05, 0.1) is 5.52 Å². The van der Waals surface area contributed by atoms with Crippen molar-refractivity contribution in [1.29, 1.82) is 0 Å². The molecule has 19 heavy (non-hydrogen) atoms. The molecule has 0 aliphatic carbocycles. The van der Waals surface area contributed by atoms with Crippen LogP contribution < -0.4 is 5.32 Å². The van der Waals surface area contributed by atoms with Crippen molar-refractivity contribution < 1.29 is 9.53 Å². The molecular formula is C15H16N2O2. The van der Waals surface area contributed by atoms with E-state index in [1.807, 2.05) is 30.3 Å². The smallest absolute Gasteiger partial charge is 0.251 e. The van der Waals surface area contributed by atoms with E-state index in [4.69, 9.17) is 4.74 Å². The van der Waals surface area contributed by atoms with Gasteiger partial charge in [-0.15, -0.1) is 0 Å². The summed E-state index contributed by atoms with van der Waals surface area (Å²) in [5.74, 6) is -0.0283. The third-order valence-electron chi connectivity index (χ3n) is 3.42. The summed E-state index contributed by atoms with van der Waals surface area (Å²) >= 11 is 0. The Morgan fingerprint density at radius 1 is 1.26 bits per heavy atom. The first-order valence-electron chi connectivity index (χ1n) is 6.56. The van der Waals surface area contributed by atoms with Crippen molar-refractivity contribution in [2.75, 3.05) is 13.2 Å². The molecule has 98 valence electrons. The highest BCUT2D eigenvalue weighted by Gasteiger charge is 2.17. The van der Waals surface area contributed by atoms with Crippen LogP contribution in [0.3, 0.4) is 0 Å². The normalized spacial score (nSPS) is 16.4. The van der Waals surface area contributed by atoms with E-state index in [9.17, 15) is 4.79 Å². The SMILES string of the molecule is O=C(NC1CCOCC1)c1ccc2cccnc2c1. The highest BCUT2D eigenvalue weighted by atomic mass is 16.5. The van der Waals surface area contributed by atoms with Gasteiger partial charge in [-0.25, -0.2) is 0 Å². The van der Waals surface area contributed by atoms with Gasteiger partial charge in [-0.05, 0) is 31.0 Å². The van der Waals surface area contributed by atoms with Crippen LogP contribution in [0.2, 0.25) is 0 Å². The summed E-state index contributed by atoms with van der Waals surface area (Å²) in [4.78, 5) is 16.4. The Balaban J connectivity index is 1.77. The maximum Gasteiger partial charge on any atom is 0.251 e. The number of ether oxygens (including phenoxy) is 1. The minimum absolute atomic E-state index is 0.0283. The molecule has 1 aliphatic rings. The number of hydrogen-bond donors (Lipinski definition) is 1. The lowest BCUT2D eigenvalue weighted by Crippen LogP contribution is -2.38. The van der Waals surface area contributed by atoms with Gasteiger partial charge >= 0.3 is 0 Å². The van der Waals surface area contributed by atoms with Crippen molar-refractivity contribution >= 4 is 16.8 Å². The molecule has 1 aromatic carbocycles. The maximum atomic E-state index is 12.2. The average molecular weight is 256 g/mol. The van der Waals surface area contributed by atoms with Crippen LogP contribution in [0, 0.1) is 0 Å². The lowest BCUT2D eigenvalue weighted by molar-refractivity contribution is 0.0696. The Labute approximate surface area is 111 Å². The van der Waals surface area contributed by atoms with Crippen LogP contribution in [0.5, 0.6) is 0 Å². The number of nitrogens with zero attached hydrogens (tertiary/aromatic N) is 1. The lowest BCUT2D eigenvalue weighted by Gasteiger charge is -2.23. The highest BCUT2D eigenvalue weighted by Crippen LogP contribution is 2.14. The molecule has 2 aromatic rings. The maximum absolute atomic E-state index is 12.2. The predicted molar refractivity (Wildman–Crippen MR) is 73.1 cm³/mol. The Morgan fingerprint density at radius 3 is 2.95 bits per heavy atom. The molecule has 3 rings (SSSR count). The van der Waals surface area contributed by atoms with Gasteiger partial charge in [0.25, 0.3) is 5.91 Å². The molecule has 0 bridgehead atoms. The number of pyridine rings is 1. The first kappa shape index (κ1) is 12.1. The van der Waals surface area contributed by atoms with Crippen molar-refractivity contribution in [3.05, 3.63) is 42.1 Å². The Morgan fingerprint density at radius 2 is 2.11 bits per heavy atom. The standard InChI is InChI=1S/C15H16N2O2/c18-15(17-13-5-8-19-9-6-13)12-4-3-11-2-1-7-16-14(11)10-12/h1-4,7,10,13H,5-6,8-9H2,(H,17,18). The van der Waals surface area contributed by atoms with E-state index in [1.165, 1.54) is 0 Å². The number of nitrogens with one attached hydrogen (secondary N) is 1. The summed E-state index contributed by atoms with van der Waals surface area (Å²) in [6.45, 7) is 1.45. The summed E-state index contributed by atoms with van der Waals surface area (Å²) in [5.41, 5.74) is 1.51. The second-order valence-corrected chi connectivity index (χ2v) is 4.77. The first-order valence-corrected chi connectivity index (χ1v) is 6.56. The zero-order valence-corrected chi connectivity index (χ0v) is 10.6. The number of amides is 1. The van der Waals surface area contributed by atoms with E-state index in [2.05, 4.69) is 10.3 Å². The summed E-state index contributed by atoms with van der Waals surface area (Å²) in [5, 5.41) is 4.10. The van der Waals surface area contributed by atoms with Crippen molar-refractivity contribution in [2.24, 2.45) is 0 Å². The quantitative estimate of drug-likeness (QED) is 0.895. The lowest BCUT2D eigenvalue weighted by atomic mass is 10.1. The minimum atomic E-state index is -0.0283. The molecule has 4 nitrogen and oxygen atoms in total. The van der Waals surface area contributed by atoms with Crippen molar-refractivity contribution in [1.82, 2.24) is 10.3 Å². The summed E-state index contributed by atoms with van der Waals surface area (Å²) < 4.78 is 5.28. The molecule has 4 heteroatoms. The monoisotopic (exact) mass is 256 g/mol. The van der Waals surface area contributed by atoms with Gasteiger partial charge in [-0.2, -0.15) is 0 Å². The fraction of sp³-hybridized carbons (Fsp3) is 0.333. The second-order valence-electron chi connectivity index (χ2n) is 4.77. The zero-order chi connectivity index (χ0) is 13.1. The molecule has 0 spiro atoms. The van der Waals surface area contributed by atoms with Crippen LogP contribution in [0.4, 0.5) is 0 Å². The third kappa shape index (κ3) is 2.74. The van der Waals surface area contributed by atoms with Crippen molar-refractivity contribution in [3.8, 4) is 0 Å². The average Bonchev–Trinajstić information content (AvgIpc) is 2.48. The number of benzene rings is 1. The molecule has 1 aromatic heterocycles. The molecule has 1 N–H and O–H groups in total. The molecule has 0 unspecified atom stereocenters. The fourth-order valence-corrected chi connectivity index (χ4v) is 2.32. The number of fused-ring (bicyclic) bond motifs is 1. The summed E-state index contributed by atoms with van der Waals surface area (Å²) in [7, 11) is 0. The van der Waals surface area contributed by atoms with Crippen molar-refractivity contribution in [3.63, 3.8) is 0 Å². The number of aromatic nitrogens is 1. The van der Waals surface area contributed by atoms with Gasteiger partial charge in [0.1, 0.15) is 0 Å². The largest absolute Gasteiger partial charge is 0.381 e. The van der Waals surface area contributed by atoms with Crippen LogP contribution in [0.15, 0.2) is 36.5 Å². The zero-order valence-electron chi connectivity index (χ0n) is 10.6. The topological polar surface area (TPSA) is 51.2 Å². The van der Waals surface area contributed by atoms with Crippen LogP contribution in [0.1, 0.15) is 23.2 Å². The second kappa shape index (κ2) is 5.36. The predicted octanol–water partition coefficient (Wildman–Crippen LogP) is 2.14. The number of carbonyl (C=O) groups excluding carboxylic acids is 1. The number of hydrogen-bond acceptors (Lipinski definition) is 3. The van der Waals surface area contributed by atoms with Gasteiger partial charge < -0.3 is 10.1 Å². The first-order chi connectivity index (χ1) is 9.33. The molecular weight excluding hydrogens is 240 g/mol. The Kier molecular flexibility index (Phi) is 3.42. The molecule has 1 aliphatic heterocycles. The Hall–Kier alpha value is -1.94. The number of carbonyl (C=O) groups is 1. The van der Waals surface area contributed by atoms with Gasteiger partial charge in [0, 0.05) is 36.4 Å². The van der Waals surface area contributed by atoms with E-state index < -0.39 is 0 Å². The summed E-state index contributed by atoms with van der Waals surface area (Å²) in [6, 6.07) is 9.72. The van der Waals surface area contributed by atoms with Gasteiger partial charge in [0.15, 0.2) is 0 Å². The van der Waals surface area contributed by atoms with E-state index >= 15 is 0 Å². The van der Waals surface area contributed by atoms with Crippen molar-refractivity contribution in [2.45, 2.75) is 18.9 Å². The fourth-order valence-electron chi connectivity index (χ4n) is 2.32. The highest BCUT2D eigenvalue weighted by molar-refractivity contribution is 5.97. The van der Waals surface area contributed by atoms with Crippen LogP contribution in [0.25, 0.3) is 10.9 Å². The molecule has 1 amide bonds. The molecule has 0 saturated carbocycles.